The molecule has 0 spiro atoms. The monoisotopic (exact) mass is 365 g/mol. The van der Waals surface area contributed by atoms with E-state index in [1.54, 1.807) is 11.1 Å². The first kappa shape index (κ1) is 18.7. The van der Waals surface area contributed by atoms with Crippen LogP contribution >= 0.6 is 0 Å². The summed E-state index contributed by atoms with van der Waals surface area (Å²) in [6, 6.07) is 15.1. The predicted molar refractivity (Wildman–Crippen MR) is 103 cm³/mol. The lowest BCUT2D eigenvalue weighted by atomic mass is 9.94. The lowest BCUT2D eigenvalue weighted by molar-refractivity contribution is -0.146. The molecule has 3 rings (SSSR count). The number of carbonyl (C=O) groups excluding carboxylic acids is 2. The number of hydrogen-bond donors (Lipinski definition) is 0. The van der Waals surface area contributed by atoms with Crippen LogP contribution in [0, 0.1) is 6.92 Å². The third kappa shape index (κ3) is 4.76. The van der Waals surface area contributed by atoms with Crippen molar-refractivity contribution in [3.63, 3.8) is 0 Å². The normalized spacial score (nSPS) is 15.2. The fourth-order valence-corrected chi connectivity index (χ4v) is 3.08. The number of hydrogen-bond acceptors (Lipinski definition) is 4. The number of ether oxygens (including phenoxy) is 2. The summed E-state index contributed by atoms with van der Waals surface area (Å²) in [6.07, 6.45) is 3.71. The van der Waals surface area contributed by atoms with Crippen LogP contribution in [0.25, 0.3) is 6.08 Å². The molecule has 0 saturated carbocycles. The Bertz CT molecular complexity index is 842. The molecule has 5 heteroatoms. The molecule has 0 fully saturated rings. The van der Waals surface area contributed by atoms with E-state index in [-0.39, 0.29) is 37.6 Å². The fraction of sp³-hybridized carbons (Fsp3) is 0.273. The minimum Gasteiger partial charge on any atom is -0.490 e. The van der Waals surface area contributed by atoms with Gasteiger partial charge in [0, 0.05) is 13.1 Å². The Labute approximate surface area is 159 Å². The van der Waals surface area contributed by atoms with Crippen molar-refractivity contribution in [3.8, 4) is 5.75 Å². The van der Waals surface area contributed by atoms with E-state index in [1.807, 2.05) is 61.5 Å². The predicted octanol–water partition coefficient (Wildman–Crippen LogP) is 3.88. The van der Waals surface area contributed by atoms with Gasteiger partial charge in [-0.05, 0) is 36.3 Å². The van der Waals surface area contributed by atoms with Crippen LogP contribution in [-0.4, -0.2) is 30.0 Å². The molecule has 5 nitrogen and oxygen atoms in total. The Hall–Kier alpha value is -3.08. The summed E-state index contributed by atoms with van der Waals surface area (Å²) >= 11 is 0. The third-order valence-corrected chi connectivity index (χ3v) is 4.47. The third-order valence-electron chi connectivity index (χ3n) is 4.47. The number of benzene rings is 2. The van der Waals surface area contributed by atoms with Gasteiger partial charge in [0.15, 0.2) is 0 Å². The Morgan fingerprint density at radius 2 is 1.78 bits per heavy atom. The zero-order valence-electron chi connectivity index (χ0n) is 15.6. The molecular weight excluding hydrogens is 342 g/mol. The van der Waals surface area contributed by atoms with Crippen LogP contribution in [0.1, 0.15) is 36.1 Å². The van der Waals surface area contributed by atoms with E-state index in [4.69, 9.17) is 9.47 Å². The standard InChI is InChI=1S/C22H23NO4/c1-16-7-9-19(10-8-16)26-13-14-27-22(25)15-21-20-6-4-3-5-18(20)11-12-23(21)17(2)24/h3-12,21H,13-15H2,1-2H3. The fourth-order valence-electron chi connectivity index (χ4n) is 3.08. The van der Waals surface area contributed by atoms with Crippen molar-refractivity contribution in [2.45, 2.75) is 26.3 Å². The smallest absolute Gasteiger partial charge is 0.308 e. The van der Waals surface area contributed by atoms with E-state index in [9.17, 15) is 9.59 Å². The SMILES string of the molecule is CC(=O)N1C=Cc2ccccc2C1CC(=O)OCCOc1ccc(C)cc1. The van der Waals surface area contributed by atoms with Crippen molar-refractivity contribution in [2.75, 3.05) is 13.2 Å². The molecule has 27 heavy (non-hydrogen) atoms. The van der Waals surface area contributed by atoms with E-state index in [2.05, 4.69) is 0 Å². The van der Waals surface area contributed by atoms with Gasteiger partial charge >= 0.3 is 5.97 Å². The molecule has 0 aromatic heterocycles. The number of nitrogens with zero attached hydrogens (tertiary/aromatic N) is 1. The van der Waals surface area contributed by atoms with Gasteiger partial charge in [-0.2, -0.15) is 0 Å². The summed E-state index contributed by atoms with van der Waals surface area (Å²) in [7, 11) is 0. The van der Waals surface area contributed by atoms with Crippen LogP contribution in [0.2, 0.25) is 0 Å². The number of aryl methyl sites for hydroxylation is 1. The highest BCUT2D eigenvalue weighted by Gasteiger charge is 2.28. The molecular formula is C22H23NO4. The molecule has 2 aromatic rings. The van der Waals surface area contributed by atoms with Gasteiger partial charge in [-0.3, -0.25) is 9.59 Å². The van der Waals surface area contributed by atoms with Gasteiger partial charge in [0.05, 0.1) is 12.5 Å². The van der Waals surface area contributed by atoms with Crippen LogP contribution < -0.4 is 4.74 Å². The first-order valence-corrected chi connectivity index (χ1v) is 8.96. The van der Waals surface area contributed by atoms with E-state index >= 15 is 0 Å². The summed E-state index contributed by atoms with van der Waals surface area (Å²) in [5.74, 6) is 0.274. The van der Waals surface area contributed by atoms with Crippen LogP contribution in [-0.2, 0) is 14.3 Å². The lowest BCUT2D eigenvalue weighted by Gasteiger charge is -2.32. The van der Waals surface area contributed by atoms with Crippen LogP contribution in [0.5, 0.6) is 5.75 Å². The Morgan fingerprint density at radius 3 is 2.52 bits per heavy atom. The van der Waals surface area contributed by atoms with Crippen LogP contribution in [0.4, 0.5) is 0 Å². The van der Waals surface area contributed by atoms with Crippen molar-refractivity contribution in [1.82, 2.24) is 4.90 Å². The number of amides is 1. The molecule has 0 saturated heterocycles. The van der Waals surface area contributed by atoms with Crippen LogP contribution in [0.3, 0.4) is 0 Å². The summed E-state index contributed by atoms with van der Waals surface area (Å²) in [5, 5.41) is 0. The topological polar surface area (TPSA) is 55.8 Å². The Morgan fingerprint density at radius 1 is 1.04 bits per heavy atom. The zero-order valence-corrected chi connectivity index (χ0v) is 15.6. The molecule has 1 aliphatic rings. The second-order valence-corrected chi connectivity index (χ2v) is 6.47. The van der Waals surface area contributed by atoms with Crippen molar-refractivity contribution < 1.29 is 19.1 Å². The highest BCUT2D eigenvalue weighted by Crippen LogP contribution is 2.33. The molecule has 0 radical (unpaired) electrons. The molecule has 0 bridgehead atoms. The molecule has 140 valence electrons. The summed E-state index contributed by atoms with van der Waals surface area (Å²) in [4.78, 5) is 25.8. The molecule has 1 aliphatic heterocycles. The minimum absolute atomic E-state index is 0.103. The highest BCUT2D eigenvalue weighted by molar-refractivity contribution is 5.80. The maximum atomic E-state index is 12.3. The number of rotatable bonds is 6. The summed E-state index contributed by atoms with van der Waals surface area (Å²) < 4.78 is 10.9. The van der Waals surface area contributed by atoms with E-state index in [0.717, 1.165) is 22.4 Å². The van der Waals surface area contributed by atoms with Crippen molar-refractivity contribution in [1.29, 1.82) is 0 Å². The van der Waals surface area contributed by atoms with Crippen molar-refractivity contribution in [2.24, 2.45) is 0 Å². The summed E-state index contributed by atoms with van der Waals surface area (Å²) in [6.45, 7) is 3.95. The van der Waals surface area contributed by atoms with Gasteiger partial charge < -0.3 is 14.4 Å². The highest BCUT2D eigenvalue weighted by atomic mass is 16.6. The maximum absolute atomic E-state index is 12.3. The van der Waals surface area contributed by atoms with Crippen molar-refractivity contribution in [3.05, 3.63) is 71.4 Å². The maximum Gasteiger partial charge on any atom is 0.308 e. The number of esters is 1. The lowest BCUT2D eigenvalue weighted by Crippen LogP contribution is -2.32. The quantitative estimate of drug-likeness (QED) is 0.576. The Balaban J connectivity index is 1.55. The van der Waals surface area contributed by atoms with Gasteiger partial charge in [-0.1, -0.05) is 42.0 Å². The zero-order chi connectivity index (χ0) is 19.2. The molecule has 1 heterocycles. The molecule has 1 atom stereocenters. The molecule has 2 aromatic carbocycles. The van der Waals surface area contributed by atoms with E-state index in [0.29, 0.717) is 0 Å². The molecule has 1 amide bonds. The second-order valence-electron chi connectivity index (χ2n) is 6.47. The van der Waals surface area contributed by atoms with Crippen molar-refractivity contribution >= 4 is 18.0 Å². The van der Waals surface area contributed by atoms with Gasteiger partial charge in [0.1, 0.15) is 19.0 Å². The van der Waals surface area contributed by atoms with Gasteiger partial charge in [-0.25, -0.2) is 0 Å². The van der Waals surface area contributed by atoms with Gasteiger partial charge in [0.25, 0.3) is 0 Å². The average Bonchev–Trinajstić information content (AvgIpc) is 2.66. The van der Waals surface area contributed by atoms with Crippen LogP contribution in [0.15, 0.2) is 54.7 Å². The molecule has 1 unspecified atom stereocenters. The molecule has 0 N–H and O–H groups in total. The number of fused-ring (bicyclic) bond motifs is 1. The average molecular weight is 365 g/mol. The second kappa shape index (κ2) is 8.54. The van der Waals surface area contributed by atoms with Gasteiger partial charge in [-0.15, -0.1) is 0 Å². The van der Waals surface area contributed by atoms with E-state index in [1.165, 1.54) is 6.92 Å². The number of carbonyl (C=O) groups is 2. The Kier molecular flexibility index (Phi) is 5.91. The first-order valence-electron chi connectivity index (χ1n) is 8.96. The van der Waals surface area contributed by atoms with Gasteiger partial charge in [0.2, 0.25) is 5.91 Å². The summed E-state index contributed by atoms with van der Waals surface area (Å²) in [5.41, 5.74) is 3.11. The van der Waals surface area contributed by atoms with E-state index < -0.39 is 0 Å². The first-order chi connectivity index (χ1) is 13.0. The molecule has 0 aliphatic carbocycles. The largest absolute Gasteiger partial charge is 0.490 e. The minimum atomic E-state index is -0.358.